The van der Waals surface area contributed by atoms with Gasteiger partial charge in [0.05, 0.1) is 42.9 Å². The van der Waals surface area contributed by atoms with E-state index in [0.29, 0.717) is 64.5 Å². The topological polar surface area (TPSA) is 148 Å². The molecular weight excluding hydrogens is 592 g/mol. The van der Waals surface area contributed by atoms with Gasteiger partial charge in [-0.2, -0.15) is 0 Å². The van der Waals surface area contributed by atoms with Crippen LogP contribution in [0.1, 0.15) is 74.4 Å². The Bertz CT molecular complexity index is 1300. The number of unbranched alkanes of at least 4 members (excludes halogenated alkanes) is 2. The lowest BCUT2D eigenvalue weighted by Crippen LogP contribution is -2.51. The van der Waals surface area contributed by atoms with Crippen molar-refractivity contribution in [2.24, 2.45) is 16.6 Å². The molecular formula is C33H46N6O5S. The van der Waals surface area contributed by atoms with Crippen LogP contribution in [0.2, 0.25) is 0 Å². The Morgan fingerprint density at radius 2 is 1.96 bits per heavy atom. The average Bonchev–Trinajstić information content (AvgIpc) is 3.67. The predicted octanol–water partition coefficient (Wildman–Crippen LogP) is 3.19. The summed E-state index contributed by atoms with van der Waals surface area (Å²) in [6.45, 7) is 2.51. The van der Waals surface area contributed by atoms with Crippen molar-refractivity contribution in [3.8, 4) is 5.75 Å². The van der Waals surface area contributed by atoms with E-state index in [-0.39, 0.29) is 29.8 Å². The Hall–Kier alpha value is -3.35. The summed E-state index contributed by atoms with van der Waals surface area (Å²) >= 11 is 1.55. The largest absolute Gasteiger partial charge is 0.491 e. The molecule has 1 aromatic heterocycles. The molecule has 45 heavy (non-hydrogen) atoms. The molecule has 0 bridgehead atoms. The molecule has 1 saturated heterocycles. The fourth-order valence-corrected chi connectivity index (χ4v) is 7.28. The van der Waals surface area contributed by atoms with Gasteiger partial charge in [-0.25, -0.2) is 4.98 Å². The van der Waals surface area contributed by atoms with E-state index >= 15 is 0 Å². The number of nitrogens with one attached hydrogen (secondary N) is 2. The van der Waals surface area contributed by atoms with Crippen LogP contribution in [0, 0.1) is 5.92 Å². The maximum absolute atomic E-state index is 14.2. The minimum absolute atomic E-state index is 0.0165. The minimum Gasteiger partial charge on any atom is -0.491 e. The molecule has 3 aliphatic rings. The Labute approximate surface area is 269 Å². The van der Waals surface area contributed by atoms with E-state index in [0.717, 1.165) is 61.2 Å². The van der Waals surface area contributed by atoms with Crippen LogP contribution in [-0.4, -0.2) is 84.9 Å². The highest BCUT2D eigenvalue weighted by Crippen LogP contribution is 2.44. The highest BCUT2D eigenvalue weighted by Gasteiger charge is 2.50. The third-order valence-electron chi connectivity index (χ3n) is 8.81. The summed E-state index contributed by atoms with van der Waals surface area (Å²) in [6, 6.07) is 7.07. The summed E-state index contributed by atoms with van der Waals surface area (Å²) in [4.78, 5) is 51.1. The number of fused-ring (bicyclic) bond motifs is 2. The summed E-state index contributed by atoms with van der Waals surface area (Å²) in [5, 5.41) is 8.74. The SMILES string of the molecule is NCCCCCC(=O)NCCOCCOc1ccccc1[C@@H]1C2C(=O)NCC2=N[C@@H]2CCCC[C@H]2N1C(=O)CCc1nccs1. The van der Waals surface area contributed by atoms with Gasteiger partial charge in [0.2, 0.25) is 17.7 Å². The molecule has 4 N–H and O–H groups in total. The molecule has 1 saturated carbocycles. The minimum atomic E-state index is -0.570. The fraction of sp³-hybridized carbons (Fsp3) is 0.606. The van der Waals surface area contributed by atoms with Crippen LogP contribution in [0.5, 0.6) is 5.75 Å². The number of para-hydroxylation sites is 1. The summed E-state index contributed by atoms with van der Waals surface area (Å²) < 4.78 is 12.0. The highest BCUT2D eigenvalue weighted by molar-refractivity contribution is 7.09. The van der Waals surface area contributed by atoms with Crippen LogP contribution in [-0.2, 0) is 25.5 Å². The van der Waals surface area contributed by atoms with Crippen molar-refractivity contribution in [2.45, 2.75) is 82.3 Å². The second-order valence-corrected chi connectivity index (χ2v) is 12.8. The molecule has 4 atom stereocenters. The maximum Gasteiger partial charge on any atom is 0.231 e. The zero-order valence-electron chi connectivity index (χ0n) is 26.0. The van der Waals surface area contributed by atoms with Gasteiger partial charge in [-0.1, -0.05) is 37.5 Å². The molecule has 11 nitrogen and oxygen atoms in total. The molecule has 5 rings (SSSR count). The van der Waals surface area contributed by atoms with Crippen molar-refractivity contribution in [1.29, 1.82) is 0 Å². The van der Waals surface area contributed by atoms with Gasteiger partial charge in [-0.15, -0.1) is 11.3 Å². The molecule has 1 aromatic carbocycles. The maximum atomic E-state index is 14.2. The van der Waals surface area contributed by atoms with E-state index in [4.69, 9.17) is 20.2 Å². The molecule has 244 valence electrons. The fourth-order valence-electron chi connectivity index (χ4n) is 6.66. The second kappa shape index (κ2) is 16.8. The van der Waals surface area contributed by atoms with Gasteiger partial charge in [-0.3, -0.25) is 19.4 Å². The Morgan fingerprint density at radius 3 is 2.80 bits per heavy atom. The van der Waals surface area contributed by atoms with Crippen LogP contribution >= 0.6 is 11.3 Å². The number of nitrogens with zero attached hydrogens (tertiary/aromatic N) is 3. The third kappa shape index (κ3) is 8.68. The van der Waals surface area contributed by atoms with Gasteiger partial charge in [-0.05, 0) is 38.3 Å². The number of rotatable bonds is 16. The first kappa shape index (κ1) is 33.0. The number of carbonyl (C=O) groups is 3. The summed E-state index contributed by atoms with van der Waals surface area (Å²) in [6.07, 6.45) is 9.72. The van der Waals surface area contributed by atoms with E-state index in [9.17, 15) is 14.4 Å². The van der Waals surface area contributed by atoms with Gasteiger partial charge in [0.25, 0.3) is 0 Å². The van der Waals surface area contributed by atoms with E-state index in [2.05, 4.69) is 15.6 Å². The van der Waals surface area contributed by atoms with Crippen LogP contribution in [0.3, 0.4) is 0 Å². The number of carbonyl (C=O) groups excluding carboxylic acids is 3. The third-order valence-corrected chi connectivity index (χ3v) is 9.65. The van der Waals surface area contributed by atoms with E-state index in [1.807, 2.05) is 34.5 Å². The van der Waals surface area contributed by atoms with Gasteiger partial charge >= 0.3 is 0 Å². The Balaban J connectivity index is 1.27. The molecule has 2 aliphatic heterocycles. The standard InChI is InChI=1S/C33H46N6O5S/c34-15-7-1-2-12-28(40)35-16-18-43-19-20-44-27-11-6-3-8-23(27)32-31-25(22-37-33(31)42)38-24-9-4-5-10-26(24)39(32)30(41)14-13-29-36-17-21-45-29/h3,6,8,11,17,21,24,26,31-32H,1-2,4-5,7,9-10,12-16,18-20,22,34H2,(H,35,40)(H,37,42)/t24-,26-,31?,32-/m1/s1. The lowest BCUT2D eigenvalue weighted by atomic mass is 9.85. The van der Waals surface area contributed by atoms with Crippen molar-refractivity contribution in [3.63, 3.8) is 0 Å². The van der Waals surface area contributed by atoms with Crippen molar-refractivity contribution < 1.29 is 23.9 Å². The summed E-state index contributed by atoms with van der Waals surface area (Å²) in [5.74, 6) is -0.00578. The second-order valence-electron chi connectivity index (χ2n) is 11.9. The van der Waals surface area contributed by atoms with Gasteiger partial charge in [0.1, 0.15) is 18.3 Å². The number of nitrogens with two attached hydrogens (primary N) is 1. The first-order valence-corrected chi connectivity index (χ1v) is 17.2. The van der Waals surface area contributed by atoms with Gasteiger partial charge in [0.15, 0.2) is 0 Å². The normalized spacial score (nSPS) is 22.6. The first-order valence-electron chi connectivity index (χ1n) is 16.4. The highest BCUT2D eigenvalue weighted by atomic mass is 32.1. The van der Waals surface area contributed by atoms with E-state index in [1.165, 1.54) is 0 Å². The lowest BCUT2D eigenvalue weighted by molar-refractivity contribution is -0.139. The van der Waals surface area contributed by atoms with Crippen LogP contribution in [0.25, 0.3) is 0 Å². The quantitative estimate of drug-likeness (QED) is 0.239. The molecule has 0 spiro atoms. The number of aliphatic imine (C=N–C) groups is 1. The average molecular weight is 639 g/mol. The summed E-state index contributed by atoms with van der Waals surface area (Å²) in [5.41, 5.74) is 7.14. The van der Waals surface area contributed by atoms with Gasteiger partial charge < -0.3 is 30.7 Å². The Kier molecular flexibility index (Phi) is 12.3. The number of amides is 3. The molecule has 12 heteroatoms. The van der Waals surface area contributed by atoms with Crippen molar-refractivity contribution >= 4 is 34.8 Å². The number of aryl methyl sites for hydroxylation is 1. The van der Waals surface area contributed by atoms with Gasteiger partial charge in [0, 0.05) is 48.7 Å². The number of aromatic nitrogens is 1. The summed E-state index contributed by atoms with van der Waals surface area (Å²) in [7, 11) is 0. The van der Waals surface area contributed by atoms with E-state index < -0.39 is 12.0 Å². The molecule has 1 unspecified atom stereocenters. The number of hydrogen-bond donors (Lipinski definition) is 3. The molecule has 0 radical (unpaired) electrons. The van der Waals surface area contributed by atoms with Crippen LogP contribution < -0.4 is 21.1 Å². The first-order chi connectivity index (χ1) is 22.1. The number of thiazole rings is 1. The Morgan fingerprint density at radius 1 is 1.09 bits per heavy atom. The van der Waals surface area contributed by atoms with Crippen LogP contribution in [0.15, 0.2) is 40.8 Å². The molecule has 3 heterocycles. The molecule has 2 aromatic rings. The number of hydrogen-bond acceptors (Lipinski definition) is 9. The van der Waals surface area contributed by atoms with Crippen molar-refractivity contribution in [2.75, 3.05) is 39.5 Å². The zero-order valence-corrected chi connectivity index (χ0v) is 26.8. The van der Waals surface area contributed by atoms with Crippen molar-refractivity contribution in [1.82, 2.24) is 20.5 Å². The van der Waals surface area contributed by atoms with E-state index in [1.54, 1.807) is 17.5 Å². The zero-order chi connectivity index (χ0) is 31.4. The van der Waals surface area contributed by atoms with Crippen LogP contribution in [0.4, 0.5) is 0 Å². The lowest BCUT2D eigenvalue weighted by Gasteiger charge is -2.42. The molecule has 2 fully saturated rings. The monoisotopic (exact) mass is 638 g/mol. The number of ether oxygens (including phenoxy) is 2. The smallest absolute Gasteiger partial charge is 0.231 e. The molecule has 3 amide bonds. The van der Waals surface area contributed by atoms with Crippen molar-refractivity contribution in [3.05, 3.63) is 46.4 Å². The number of benzene rings is 1. The predicted molar refractivity (Wildman–Crippen MR) is 173 cm³/mol. The molecule has 1 aliphatic carbocycles.